The second-order valence-corrected chi connectivity index (χ2v) is 9.43. The zero-order chi connectivity index (χ0) is 21.8. The molecule has 2 aromatic rings. The second-order valence-electron chi connectivity index (χ2n) is 8.45. The summed E-state index contributed by atoms with van der Waals surface area (Å²) in [4.78, 5) is 48.5. The van der Waals surface area contributed by atoms with Crippen LogP contribution in [0.25, 0.3) is 10.3 Å². The minimum atomic E-state index is -0.246. The average molecular weight is 447 g/mol. The highest BCUT2D eigenvalue weighted by Gasteiger charge is 2.28. The number of carbonyl (C=O) groups excluding carboxylic acids is 2. The Balaban J connectivity index is 1.46. The summed E-state index contributed by atoms with van der Waals surface area (Å²) >= 11 is 1.29. The number of thiazole rings is 1. The van der Waals surface area contributed by atoms with Gasteiger partial charge in [-0.2, -0.15) is 4.98 Å². The van der Waals surface area contributed by atoms with E-state index in [1.54, 1.807) is 0 Å². The van der Waals surface area contributed by atoms with Crippen LogP contribution in [0, 0.1) is 5.92 Å². The van der Waals surface area contributed by atoms with Crippen molar-refractivity contribution in [2.24, 2.45) is 5.92 Å². The molecule has 4 rings (SSSR count). The van der Waals surface area contributed by atoms with Gasteiger partial charge in [0, 0.05) is 25.7 Å². The largest absolute Gasteiger partial charge is 0.356 e. The Hall–Kier alpha value is -2.49. The molecule has 2 N–H and O–H groups in total. The Labute approximate surface area is 185 Å². The van der Waals surface area contributed by atoms with Gasteiger partial charge in [0.25, 0.3) is 5.56 Å². The Bertz CT molecular complexity index is 997. The fourth-order valence-electron chi connectivity index (χ4n) is 4.34. The van der Waals surface area contributed by atoms with Gasteiger partial charge < -0.3 is 15.5 Å². The molecule has 1 aliphatic heterocycles. The van der Waals surface area contributed by atoms with Crippen LogP contribution in [0.4, 0.5) is 5.13 Å². The molecule has 0 bridgehead atoms. The average Bonchev–Trinajstić information content (AvgIpc) is 3.44. The number of anilines is 1. The molecule has 2 fully saturated rings. The van der Waals surface area contributed by atoms with Gasteiger partial charge in [0.2, 0.25) is 11.8 Å². The van der Waals surface area contributed by atoms with E-state index in [1.807, 2.05) is 6.92 Å². The van der Waals surface area contributed by atoms with E-state index in [9.17, 15) is 14.4 Å². The number of nitrogens with one attached hydrogen (secondary N) is 2. The molecular formula is C21H30N6O3S. The molecule has 1 saturated carbocycles. The summed E-state index contributed by atoms with van der Waals surface area (Å²) in [6.45, 7) is 4.08. The molecule has 3 heterocycles. The SMILES string of the molecule is CCCNC(=O)C1CCCN(c2nc3ncn(CC(=O)NC4CCCC4)c(=O)c3s2)C1. The molecular weight excluding hydrogens is 416 g/mol. The number of hydrogen-bond acceptors (Lipinski definition) is 7. The zero-order valence-corrected chi connectivity index (χ0v) is 18.7. The van der Waals surface area contributed by atoms with Gasteiger partial charge in [0.05, 0.1) is 5.92 Å². The van der Waals surface area contributed by atoms with Gasteiger partial charge in [0.15, 0.2) is 10.8 Å². The van der Waals surface area contributed by atoms with Crippen LogP contribution in [0.3, 0.4) is 0 Å². The maximum atomic E-state index is 12.9. The Kier molecular flexibility index (Phi) is 6.84. The predicted molar refractivity (Wildman–Crippen MR) is 120 cm³/mol. The van der Waals surface area contributed by atoms with E-state index in [0.717, 1.165) is 51.5 Å². The summed E-state index contributed by atoms with van der Waals surface area (Å²) in [6.07, 6.45) is 8.36. The number of fused-ring (bicyclic) bond motifs is 1. The molecule has 2 aliphatic rings. The molecule has 1 unspecified atom stereocenters. The summed E-state index contributed by atoms with van der Waals surface area (Å²) in [5.41, 5.74) is 0.152. The number of amides is 2. The predicted octanol–water partition coefficient (Wildman–Crippen LogP) is 1.65. The minimum Gasteiger partial charge on any atom is -0.356 e. The van der Waals surface area contributed by atoms with E-state index in [-0.39, 0.29) is 35.9 Å². The first kappa shape index (κ1) is 21.7. The second kappa shape index (κ2) is 9.76. The lowest BCUT2D eigenvalue weighted by Crippen LogP contribution is -2.43. The van der Waals surface area contributed by atoms with Gasteiger partial charge in [-0.3, -0.25) is 19.0 Å². The highest BCUT2D eigenvalue weighted by Crippen LogP contribution is 2.29. The van der Waals surface area contributed by atoms with Crippen molar-refractivity contribution in [2.45, 2.75) is 64.5 Å². The highest BCUT2D eigenvalue weighted by atomic mass is 32.1. The molecule has 1 atom stereocenters. The van der Waals surface area contributed by atoms with Crippen LogP contribution in [0.15, 0.2) is 11.1 Å². The van der Waals surface area contributed by atoms with Gasteiger partial charge in [-0.1, -0.05) is 31.1 Å². The van der Waals surface area contributed by atoms with Gasteiger partial charge in [-0.05, 0) is 32.1 Å². The molecule has 0 aromatic carbocycles. The summed E-state index contributed by atoms with van der Waals surface area (Å²) in [6, 6.07) is 0.219. The van der Waals surface area contributed by atoms with Gasteiger partial charge in [0.1, 0.15) is 17.6 Å². The fourth-order valence-corrected chi connectivity index (χ4v) is 5.34. The van der Waals surface area contributed by atoms with Crippen molar-refractivity contribution in [3.63, 3.8) is 0 Å². The van der Waals surface area contributed by atoms with Crippen molar-refractivity contribution in [3.8, 4) is 0 Å². The van der Waals surface area contributed by atoms with E-state index >= 15 is 0 Å². The molecule has 0 radical (unpaired) electrons. The molecule has 168 valence electrons. The Morgan fingerprint density at radius 2 is 2.03 bits per heavy atom. The molecule has 9 nitrogen and oxygen atoms in total. The number of nitrogens with zero attached hydrogens (tertiary/aromatic N) is 4. The number of aromatic nitrogens is 3. The lowest BCUT2D eigenvalue weighted by atomic mass is 9.97. The molecule has 2 amide bonds. The maximum absolute atomic E-state index is 12.9. The quantitative estimate of drug-likeness (QED) is 0.669. The fraction of sp³-hybridized carbons (Fsp3) is 0.667. The molecule has 1 aliphatic carbocycles. The number of piperidine rings is 1. The Morgan fingerprint density at radius 3 is 2.81 bits per heavy atom. The lowest BCUT2D eigenvalue weighted by molar-refractivity contribution is -0.125. The summed E-state index contributed by atoms with van der Waals surface area (Å²) in [5, 5.41) is 6.69. The van der Waals surface area contributed by atoms with Crippen molar-refractivity contribution in [3.05, 3.63) is 16.7 Å². The van der Waals surface area contributed by atoms with Crippen molar-refractivity contribution in [2.75, 3.05) is 24.5 Å². The monoisotopic (exact) mass is 446 g/mol. The van der Waals surface area contributed by atoms with Crippen LogP contribution in [0.2, 0.25) is 0 Å². The molecule has 10 heteroatoms. The highest BCUT2D eigenvalue weighted by molar-refractivity contribution is 7.22. The third-order valence-corrected chi connectivity index (χ3v) is 7.11. The van der Waals surface area contributed by atoms with Crippen molar-refractivity contribution >= 4 is 38.6 Å². The van der Waals surface area contributed by atoms with Gasteiger partial charge >= 0.3 is 0 Å². The summed E-state index contributed by atoms with van der Waals surface area (Å²) < 4.78 is 1.80. The lowest BCUT2D eigenvalue weighted by Gasteiger charge is -2.31. The van der Waals surface area contributed by atoms with Crippen LogP contribution < -0.4 is 21.1 Å². The molecule has 0 spiro atoms. The molecule has 1 saturated heterocycles. The topological polar surface area (TPSA) is 109 Å². The first-order valence-electron chi connectivity index (χ1n) is 11.2. The van der Waals surface area contributed by atoms with E-state index in [1.165, 1.54) is 22.2 Å². The van der Waals surface area contributed by atoms with E-state index < -0.39 is 0 Å². The van der Waals surface area contributed by atoms with Crippen molar-refractivity contribution < 1.29 is 9.59 Å². The van der Waals surface area contributed by atoms with E-state index in [4.69, 9.17) is 0 Å². The number of carbonyl (C=O) groups is 2. The van der Waals surface area contributed by atoms with Crippen LogP contribution in [-0.4, -0.2) is 52.0 Å². The first-order valence-corrected chi connectivity index (χ1v) is 12.0. The van der Waals surface area contributed by atoms with Crippen molar-refractivity contribution in [1.29, 1.82) is 0 Å². The molecule has 2 aromatic heterocycles. The molecule has 31 heavy (non-hydrogen) atoms. The van der Waals surface area contributed by atoms with Gasteiger partial charge in [-0.15, -0.1) is 0 Å². The summed E-state index contributed by atoms with van der Waals surface area (Å²) in [7, 11) is 0. The Morgan fingerprint density at radius 1 is 1.23 bits per heavy atom. The smallest absolute Gasteiger partial charge is 0.273 e. The zero-order valence-electron chi connectivity index (χ0n) is 17.9. The van der Waals surface area contributed by atoms with Crippen molar-refractivity contribution in [1.82, 2.24) is 25.2 Å². The van der Waals surface area contributed by atoms with Crippen LogP contribution in [0.5, 0.6) is 0 Å². The van der Waals surface area contributed by atoms with Crippen LogP contribution >= 0.6 is 11.3 Å². The standard InChI is InChI=1S/C21H30N6O3S/c1-2-9-22-19(29)14-6-5-10-26(11-14)21-25-18-17(31-21)20(30)27(13-23-18)12-16(28)24-15-7-3-4-8-15/h13-15H,2-12H2,1H3,(H,22,29)(H,24,28). The number of rotatable bonds is 7. The normalized spacial score (nSPS) is 19.6. The maximum Gasteiger partial charge on any atom is 0.273 e. The first-order chi connectivity index (χ1) is 15.0. The number of hydrogen-bond donors (Lipinski definition) is 2. The third kappa shape index (κ3) is 5.06. The van der Waals surface area contributed by atoms with Crippen LogP contribution in [-0.2, 0) is 16.1 Å². The van der Waals surface area contributed by atoms with Gasteiger partial charge in [-0.25, -0.2) is 4.98 Å². The van der Waals surface area contributed by atoms with Crippen LogP contribution in [0.1, 0.15) is 51.9 Å². The van der Waals surface area contributed by atoms with E-state index in [0.29, 0.717) is 28.6 Å². The summed E-state index contributed by atoms with van der Waals surface area (Å²) in [5.74, 6) is -0.144. The minimum absolute atomic E-state index is 0.0328. The third-order valence-electron chi connectivity index (χ3n) is 6.02. The van der Waals surface area contributed by atoms with E-state index in [2.05, 4.69) is 25.5 Å².